The lowest BCUT2D eigenvalue weighted by molar-refractivity contribution is -0.127. The van der Waals surface area contributed by atoms with Crippen LogP contribution in [0.3, 0.4) is 0 Å². The van der Waals surface area contributed by atoms with E-state index in [1.54, 1.807) is 0 Å². The fraction of sp³-hybridized carbons (Fsp3) is 0.667. The van der Waals surface area contributed by atoms with Crippen molar-refractivity contribution in [1.82, 2.24) is 15.1 Å². The van der Waals surface area contributed by atoms with Crippen LogP contribution in [0.15, 0.2) is 30.3 Å². The van der Waals surface area contributed by atoms with Crippen molar-refractivity contribution in [2.75, 3.05) is 26.2 Å². The summed E-state index contributed by atoms with van der Waals surface area (Å²) >= 11 is 0. The highest BCUT2D eigenvalue weighted by atomic mass is 16.2. The first-order chi connectivity index (χ1) is 12.3. The van der Waals surface area contributed by atoms with Crippen LogP contribution in [0.2, 0.25) is 0 Å². The van der Waals surface area contributed by atoms with Crippen molar-refractivity contribution in [2.24, 2.45) is 5.92 Å². The molecule has 4 rings (SSSR count). The minimum absolute atomic E-state index is 0.213. The molecule has 0 aromatic heterocycles. The van der Waals surface area contributed by atoms with Crippen molar-refractivity contribution in [2.45, 2.75) is 57.2 Å². The Morgan fingerprint density at radius 3 is 2.56 bits per heavy atom. The molecule has 3 aliphatic heterocycles. The van der Waals surface area contributed by atoms with Gasteiger partial charge in [0.05, 0.1) is 0 Å². The molecule has 3 fully saturated rings. The molecule has 4 nitrogen and oxygen atoms in total. The van der Waals surface area contributed by atoms with E-state index < -0.39 is 0 Å². The van der Waals surface area contributed by atoms with Gasteiger partial charge in [-0.25, -0.2) is 0 Å². The molecule has 1 aromatic carbocycles. The third-order valence-electron chi connectivity index (χ3n) is 6.39. The quantitative estimate of drug-likeness (QED) is 0.914. The van der Waals surface area contributed by atoms with Crippen LogP contribution >= 0.6 is 0 Å². The molecule has 3 aliphatic rings. The number of nitrogens with one attached hydrogen (secondary N) is 1. The molecule has 0 radical (unpaired) electrons. The van der Waals surface area contributed by atoms with Gasteiger partial charge in [0.1, 0.15) is 0 Å². The predicted molar refractivity (Wildman–Crippen MR) is 100 cm³/mol. The summed E-state index contributed by atoms with van der Waals surface area (Å²) in [5, 5.41) is 3.41. The van der Waals surface area contributed by atoms with Gasteiger partial charge in [0, 0.05) is 31.1 Å². The number of carbonyl (C=O) groups is 1. The summed E-state index contributed by atoms with van der Waals surface area (Å²) in [5.41, 5.74) is 1.37. The SMILES string of the molecule is O=C(N[C@H]1CCN2CCCC[C@@H]12)C1CCN(Cc2ccccc2)CC1. The monoisotopic (exact) mass is 341 g/mol. The number of benzene rings is 1. The molecule has 2 atom stereocenters. The molecule has 0 unspecified atom stereocenters. The molecule has 0 spiro atoms. The molecule has 4 heteroatoms. The first-order valence-corrected chi connectivity index (χ1v) is 10.1. The van der Waals surface area contributed by atoms with Crippen molar-refractivity contribution < 1.29 is 4.79 Å². The largest absolute Gasteiger partial charge is 0.352 e. The van der Waals surface area contributed by atoms with Crippen LogP contribution in [0.4, 0.5) is 0 Å². The summed E-state index contributed by atoms with van der Waals surface area (Å²) in [6, 6.07) is 11.7. The summed E-state index contributed by atoms with van der Waals surface area (Å²) in [7, 11) is 0. The zero-order valence-corrected chi connectivity index (χ0v) is 15.2. The van der Waals surface area contributed by atoms with Gasteiger partial charge in [-0.3, -0.25) is 14.6 Å². The third kappa shape index (κ3) is 4.06. The first-order valence-electron chi connectivity index (χ1n) is 10.1. The van der Waals surface area contributed by atoms with Crippen molar-refractivity contribution in [3.05, 3.63) is 35.9 Å². The van der Waals surface area contributed by atoms with Crippen LogP contribution in [-0.4, -0.2) is 54.0 Å². The molecule has 1 aromatic rings. The van der Waals surface area contributed by atoms with E-state index in [9.17, 15) is 4.79 Å². The number of hydrogen-bond acceptors (Lipinski definition) is 3. The molecule has 3 heterocycles. The van der Waals surface area contributed by atoms with Gasteiger partial charge in [-0.2, -0.15) is 0 Å². The van der Waals surface area contributed by atoms with Crippen LogP contribution in [0.25, 0.3) is 0 Å². The molecular formula is C21H31N3O. The highest BCUT2D eigenvalue weighted by molar-refractivity contribution is 5.79. The maximum absolute atomic E-state index is 12.7. The molecular weight excluding hydrogens is 310 g/mol. The normalized spacial score (nSPS) is 28.6. The Balaban J connectivity index is 1.24. The Kier molecular flexibility index (Phi) is 5.37. The van der Waals surface area contributed by atoms with Crippen molar-refractivity contribution in [3.63, 3.8) is 0 Å². The topological polar surface area (TPSA) is 35.6 Å². The zero-order valence-electron chi connectivity index (χ0n) is 15.2. The van der Waals surface area contributed by atoms with E-state index in [0.717, 1.165) is 38.9 Å². The molecule has 25 heavy (non-hydrogen) atoms. The number of carbonyl (C=O) groups excluding carboxylic acids is 1. The minimum Gasteiger partial charge on any atom is -0.352 e. The summed E-state index contributed by atoms with van der Waals surface area (Å²) in [6.45, 7) is 5.48. The van der Waals surface area contributed by atoms with E-state index >= 15 is 0 Å². The summed E-state index contributed by atoms with van der Waals surface area (Å²) < 4.78 is 0. The molecule has 1 amide bonds. The Morgan fingerprint density at radius 2 is 1.76 bits per heavy atom. The lowest BCUT2D eigenvalue weighted by Gasteiger charge is -2.34. The van der Waals surface area contributed by atoms with Crippen LogP contribution in [-0.2, 0) is 11.3 Å². The van der Waals surface area contributed by atoms with Gasteiger partial charge in [-0.15, -0.1) is 0 Å². The van der Waals surface area contributed by atoms with Crippen molar-refractivity contribution >= 4 is 5.91 Å². The number of likely N-dealkylation sites (tertiary alicyclic amines) is 1. The van der Waals surface area contributed by atoms with E-state index in [2.05, 4.69) is 45.4 Å². The van der Waals surface area contributed by atoms with E-state index in [1.807, 2.05) is 0 Å². The molecule has 136 valence electrons. The van der Waals surface area contributed by atoms with Gasteiger partial charge in [0.25, 0.3) is 0 Å². The Labute approximate surface area is 151 Å². The fourth-order valence-electron chi connectivity index (χ4n) is 4.91. The van der Waals surface area contributed by atoms with E-state index in [-0.39, 0.29) is 5.92 Å². The lowest BCUT2D eigenvalue weighted by atomic mass is 9.93. The smallest absolute Gasteiger partial charge is 0.223 e. The summed E-state index contributed by atoms with van der Waals surface area (Å²) in [5.74, 6) is 0.529. The van der Waals surface area contributed by atoms with Gasteiger partial charge in [-0.1, -0.05) is 36.8 Å². The number of piperidine rings is 2. The Hall–Kier alpha value is -1.39. The number of fused-ring (bicyclic) bond motifs is 1. The van der Waals surface area contributed by atoms with Crippen LogP contribution in [0, 0.1) is 5.92 Å². The van der Waals surface area contributed by atoms with Crippen molar-refractivity contribution in [3.8, 4) is 0 Å². The van der Waals surface area contributed by atoms with Gasteiger partial charge in [-0.05, 0) is 57.3 Å². The van der Waals surface area contributed by atoms with Crippen molar-refractivity contribution in [1.29, 1.82) is 0 Å². The van der Waals surface area contributed by atoms with Crippen LogP contribution in [0.5, 0.6) is 0 Å². The van der Waals surface area contributed by atoms with Gasteiger partial charge >= 0.3 is 0 Å². The number of amides is 1. The third-order valence-corrected chi connectivity index (χ3v) is 6.39. The number of rotatable bonds is 4. The minimum atomic E-state index is 0.213. The second-order valence-corrected chi connectivity index (χ2v) is 8.04. The highest BCUT2D eigenvalue weighted by Crippen LogP contribution is 2.28. The Morgan fingerprint density at radius 1 is 0.960 bits per heavy atom. The van der Waals surface area contributed by atoms with E-state index in [0.29, 0.717) is 18.0 Å². The average molecular weight is 341 g/mol. The molecule has 3 saturated heterocycles. The van der Waals surface area contributed by atoms with E-state index in [1.165, 1.54) is 37.9 Å². The van der Waals surface area contributed by atoms with Crippen LogP contribution < -0.4 is 5.32 Å². The van der Waals surface area contributed by atoms with Gasteiger partial charge in [0.15, 0.2) is 0 Å². The average Bonchev–Trinajstić information content (AvgIpc) is 3.06. The first kappa shape index (κ1) is 17.0. The van der Waals surface area contributed by atoms with Gasteiger partial charge < -0.3 is 5.32 Å². The molecule has 0 aliphatic carbocycles. The predicted octanol–water partition coefficient (Wildman–Crippen LogP) is 2.64. The Bertz CT molecular complexity index is 568. The fourth-order valence-corrected chi connectivity index (χ4v) is 4.91. The standard InChI is InChI=1S/C21H31N3O/c25-21(22-19-11-15-24-12-5-4-8-20(19)24)18-9-13-23(14-10-18)16-17-6-2-1-3-7-17/h1-3,6-7,18-20H,4-5,8-16H2,(H,22,25)/t19-,20-/m0/s1. The second kappa shape index (κ2) is 7.88. The second-order valence-electron chi connectivity index (χ2n) is 8.04. The maximum atomic E-state index is 12.7. The summed E-state index contributed by atoms with van der Waals surface area (Å²) in [6.07, 6.45) is 7.06. The highest BCUT2D eigenvalue weighted by Gasteiger charge is 2.37. The number of nitrogens with zero attached hydrogens (tertiary/aromatic N) is 2. The molecule has 1 N–H and O–H groups in total. The summed E-state index contributed by atoms with van der Waals surface area (Å²) in [4.78, 5) is 17.8. The molecule has 0 bridgehead atoms. The van der Waals surface area contributed by atoms with Crippen LogP contribution in [0.1, 0.15) is 44.1 Å². The maximum Gasteiger partial charge on any atom is 0.223 e. The molecule has 0 saturated carbocycles. The zero-order chi connectivity index (χ0) is 17.1. The lowest BCUT2D eigenvalue weighted by Crippen LogP contribution is -2.49. The number of hydrogen-bond donors (Lipinski definition) is 1. The van der Waals surface area contributed by atoms with Gasteiger partial charge in [0.2, 0.25) is 5.91 Å². The van der Waals surface area contributed by atoms with E-state index in [4.69, 9.17) is 0 Å².